The molecule has 2 aromatic rings. The van der Waals surface area contributed by atoms with Crippen LogP contribution in [0.2, 0.25) is 0 Å². The molecule has 0 unspecified atom stereocenters. The second-order valence-electron chi connectivity index (χ2n) is 6.12. The minimum absolute atomic E-state index is 0.0671. The Bertz CT molecular complexity index is 638. The van der Waals surface area contributed by atoms with E-state index in [4.69, 9.17) is 4.52 Å². The monoisotopic (exact) mass is 318 g/mol. The normalized spacial score (nSPS) is 20.3. The largest absolute Gasteiger partial charge is 0.338 e. The standard InChI is InChI=1S/C15H22N6O2/c1-11-6-14(23-19-11)18-15(22)12(2)20-5-3-4-13(7-20)8-21-10-16-9-17-21/h6,9-10,12-13H,3-5,7-8H2,1-2H3,(H,18,22)/t12-,13-/m0/s1. The molecule has 124 valence electrons. The first kappa shape index (κ1) is 15.7. The van der Waals surface area contributed by atoms with Gasteiger partial charge in [0.05, 0.1) is 11.7 Å². The molecule has 1 saturated heterocycles. The van der Waals surface area contributed by atoms with Gasteiger partial charge in [0.25, 0.3) is 0 Å². The Kier molecular flexibility index (Phi) is 4.71. The number of aromatic nitrogens is 4. The number of nitrogens with one attached hydrogen (secondary N) is 1. The first-order valence-electron chi connectivity index (χ1n) is 7.92. The second-order valence-corrected chi connectivity index (χ2v) is 6.12. The van der Waals surface area contributed by atoms with Gasteiger partial charge in [0.15, 0.2) is 0 Å². The molecular weight excluding hydrogens is 296 g/mol. The van der Waals surface area contributed by atoms with E-state index in [1.54, 1.807) is 18.7 Å². The minimum atomic E-state index is -0.209. The zero-order valence-corrected chi connectivity index (χ0v) is 13.5. The number of aryl methyl sites for hydroxylation is 1. The van der Waals surface area contributed by atoms with Gasteiger partial charge in [-0.1, -0.05) is 5.16 Å². The smallest absolute Gasteiger partial charge is 0.243 e. The number of piperidine rings is 1. The van der Waals surface area contributed by atoms with Crippen LogP contribution in [0.25, 0.3) is 0 Å². The van der Waals surface area contributed by atoms with Gasteiger partial charge in [0.1, 0.15) is 12.7 Å². The maximum Gasteiger partial charge on any atom is 0.243 e. The van der Waals surface area contributed by atoms with Crippen molar-refractivity contribution in [3.05, 3.63) is 24.4 Å². The van der Waals surface area contributed by atoms with Gasteiger partial charge in [0.2, 0.25) is 11.8 Å². The molecule has 0 spiro atoms. The van der Waals surface area contributed by atoms with E-state index in [1.165, 1.54) is 0 Å². The summed E-state index contributed by atoms with van der Waals surface area (Å²) < 4.78 is 6.90. The molecule has 1 amide bonds. The maximum atomic E-state index is 12.4. The lowest BCUT2D eigenvalue weighted by Crippen LogP contribution is -2.47. The van der Waals surface area contributed by atoms with Crippen LogP contribution in [0.4, 0.5) is 5.88 Å². The number of amides is 1. The van der Waals surface area contributed by atoms with Gasteiger partial charge in [-0.25, -0.2) is 4.98 Å². The van der Waals surface area contributed by atoms with E-state index in [0.29, 0.717) is 11.8 Å². The molecule has 0 saturated carbocycles. The Morgan fingerprint density at radius 3 is 3.13 bits per heavy atom. The van der Waals surface area contributed by atoms with Gasteiger partial charge in [-0.3, -0.25) is 19.7 Å². The summed E-state index contributed by atoms with van der Waals surface area (Å²) in [6, 6.07) is 1.51. The Morgan fingerprint density at radius 1 is 1.57 bits per heavy atom. The van der Waals surface area contributed by atoms with Crippen molar-refractivity contribution in [1.82, 2.24) is 24.8 Å². The molecule has 1 fully saturated rings. The Hall–Kier alpha value is -2.22. The van der Waals surface area contributed by atoms with Crippen molar-refractivity contribution in [2.24, 2.45) is 5.92 Å². The molecule has 23 heavy (non-hydrogen) atoms. The molecule has 1 aliphatic rings. The molecule has 0 bridgehead atoms. The highest BCUT2D eigenvalue weighted by Crippen LogP contribution is 2.20. The summed E-state index contributed by atoms with van der Waals surface area (Å²) in [5.74, 6) is 0.811. The fourth-order valence-electron chi connectivity index (χ4n) is 3.00. The number of carbonyl (C=O) groups is 1. The number of likely N-dealkylation sites (tertiary alicyclic amines) is 1. The number of hydrogen-bond donors (Lipinski definition) is 1. The topological polar surface area (TPSA) is 89.1 Å². The highest BCUT2D eigenvalue weighted by Gasteiger charge is 2.28. The van der Waals surface area contributed by atoms with Gasteiger partial charge in [-0.2, -0.15) is 5.10 Å². The van der Waals surface area contributed by atoms with Crippen LogP contribution in [-0.2, 0) is 11.3 Å². The van der Waals surface area contributed by atoms with Crippen molar-refractivity contribution in [1.29, 1.82) is 0 Å². The average Bonchev–Trinajstić information content (AvgIpc) is 3.18. The molecule has 1 N–H and O–H groups in total. The summed E-state index contributed by atoms with van der Waals surface area (Å²) in [7, 11) is 0. The first-order valence-corrected chi connectivity index (χ1v) is 7.92. The van der Waals surface area contributed by atoms with Crippen molar-refractivity contribution >= 4 is 11.8 Å². The van der Waals surface area contributed by atoms with E-state index < -0.39 is 0 Å². The van der Waals surface area contributed by atoms with Gasteiger partial charge in [-0.05, 0) is 39.2 Å². The molecule has 8 nitrogen and oxygen atoms in total. The van der Waals surface area contributed by atoms with E-state index in [2.05, 4.69) is 25.5 Å². The van der Waals surface area contributed by atoms with Crippen molar-refractivity contribution in [3.8, 4) is 0 Å². The predicted octanol–water partition coefficient (Wildman–Crippen LogP) is 1.31. The Balaban J connectivity index is 1.55. The summed E-state index contributed by atoms with van der Waals surface area (Å²) in [4.78, 5) is 18.6. The molecule has 2 aromatic heterocycles. The summed E-state index contributed by atoms with van der Waals surface area (Å²) in [5, 5.41) is 10.7. The van der Waals surface area contributed by atoms with Gasteiger partial charge < -0.3 is 4.52 Å². The number of carbonyl (C=O) groups excluding carboxylic acids is 1. The van der Waals surface area contributed by atoms with Crippen LogP contribution in [0, 0.1) is 12.8 Å². The van der Waals surface area contributed by atoms with Crippen molar-refractivity contribution < 1.29 is 9.32 Å². The third kappa shape index (κ3) is 3.95. The minimum Gasteiger partial charge on any atom is -0.338 e. The molecule has 1 aliphatic heterocycles. The van der Waals surface area contributed by atoms with Gasteiger partial charge in [-0.15, -0.1) is 0 Å². The molecule has 3 rings (SSSR count). The SMILES string of the molecule is Cc1cc(NC(=O)[C@H](C)N2CCC[C@H](Cn3cncn3)C2)on1. The fourth-order valence-corrected chi connectivity index (χ4v) is 3.00. The number of anilines is 1. The van der Waals surface area contributed by atoms with Crippen molar-refractivity contribution in [2.75, 3.05) is 18.4 Å². The van der Waals surface area contributed by atoms with Crippen LogP contribution >= 0.6 is 0 Å². The molecule has 0 aliphatic carbocycles. The lowest BCUT2D eigenvalue weighted by molar-refractivity contribution is -0.121. The lowest BCUT2D eigenvalue weighted by Gasteiger charge is -2.35. The van der Waals surface area contributed by atoms with Crippen LogP contribution in [0.5, 0.6) is 0 Å². The van der Waals surface area contributed by atoms with Crippen molar-refractivity contribution in [2.45, 2.75) is 39.3 Å². The number of hydrogen-bond acceptors (Lipinski definition) is 6. The first-order chi connectivity index (χ1) is 11.1. The lowest BCUT2D eigenvalue weighted by atomic mass is 9.96. The van der Waals surface area contributed by atoms with Gasteiger partial charge in [0, 0.05) is 19.2 Å². The van der Waals surface area contributed by atoms with Gasteiger partial charge >= 0.3 is 0 Å². The molecule has 8 heteroatoms. The predicted molar refractivity (Wildman–Crippen MR) is 83.7 cm³/mol. The van der Waals surface area contributed by atoms with E-state index in [9.17, 15) is 4.79 Å². The van der Waals surface area contributed by atoms with Crippen LogP contribution in [0.3, 0.4) is 0 Å². The summed E-state index contributed by atoms with van der Waals surface area (Å²) in [6.45, 7) is 6.40. The highest BCUT2D eigenvalue weighted by atomic mass is 16.5. The van der Waals surface area contributed by atoms with E-state index in [1.807, 2.05) is 18.5 Å². The number of rotatable bonds is 5. The van der Waals surface area contributed by atoms with Crippen LogP contribution in [0.15, 0.2) is 23.2 Å². The fraction of sp³-hybridized carbons (Fsp3) is 0.600. The summed E-state index contributed by atoms with van der Waals surface area (Å²) in [6.07, 6.45) is 5.52. The molecule has 3 heterocycles. The maximum absolute atomic E-state index is 12.4. The average molecular weight is 318 g/mol. The summed E-state index contributed by atoms with van der Waals surface area (Å²) in [5.41, 5.74) is 0.749. The van der Waals surface area contributed by atoms with E-state index in [-0.39, 0.29) is 11.9 Å². The van der Waals surface area contributed by atoms with Crippen LogP contribution < -0.4 is 5.32 Å². The van der Waals surface area contributed by atoms with E-state index in [0.717, 1.165) is 38.2 Å². The van der Waals surface area contributed by atoms with Crippen molar-refractivity contribution in [3.63, 3.8) is 0 Å². The molecule has 2 atom stereocenters. The Morgan fingerprint density at radius 2 is 2.43 bits per heavy atom. The molecule has 0 aromatic carbocycles. The van der Waals surface area contributed by atoms with Crippen LogP contribution in [0.1, 0.15) is 25.5 Å². The summed E-state index contributed by atoms with van der Waals surface area (Å²) >= 11 is 0. The zero-order chi connectivity index (χ0) is 16.2. The molecule has 0 radical (unpaired) electrons. The second kappa shape index (κ2) is 6.91. The third-order valence-corrected chi connectivity index (χ3v) is 4.26. The third-order valence-electron chi connectivity index (χ3n) is 4.26. The number of nitrogens with zero attached hydrogens (tertiary/aromatic N) is 5. The highest BCUT2D eigenvalue weighted by molar-refractivity contribution is 5.93. The Labute approximate surface area is 134 Å². The zero-order valence-electron chi connectivity index (χ0n) is 13.5. The van der Waals surface area contributed by atoms with E-state index >= 15 is 0 Å². The molecular formula is C15H22N6O2. The quantitative estimate of drug-likeness (QED) is 0.894. The van der Waals surface area contributed by atoms with Crippen LogP contribution in [-0.4, -0.2) is 49.9 Å².